The van der Waals surface area contributed by atoms with Gasteiger partial charge in [-0.25, -0.2) is 0 Å². The summed E-state index contributed by atoms with van der Waals surface area (Å²) in [4.78, 5) is 0. The van der Waals surface area contributed by atoms with Crippen molar-refractivity contribution in [3.05, 3.63) is 29.8 Å². The highest BCUT2D eigenvalue weighted by Crippen LogP contribution is 2.30. The molecule has 1 rings (SSSR count). The Labute approximate surface area is 102 Å². The SMILES string of the molecule is NCCc1ccccc1OCCSC(F)(F)F. The van der Waals surface area contributed by atoms with Crippen LogP contribution in [-0.2, 0) is 6.42 Å². The molecule has 0 aromatic heterocycles. The van der Waals surface area contributed by atoms with E-state index >= 15 is 0 Å². The monoisotopic (exact) mass is 265 g/mol. The summed E-state index contributed by atoms with van der Waals surface area (Å²) in [6, 6.07) is 7.23. The average molecular weight is 265 g/mol. The molecule has 0 heterocycles. The molecule has 2 nitrogen and oxygen atoms in total. The molecule has 0 saturated heterocycles. The predicted octanol–water partition coefficient (Wildman–Crippen LogP) is 2.82. The Bertz CT molecular complexity index is 344. The van der Waals surface area contributed by atoms with Crippen molar-refractivity contribution in [3.8, 4) is 5.75 Å². The summed E-state index contributed by atoms with van der Waals surface area (Å²) in [5.74, 6) is 0.501. The number of nitrogens with two attached hydrogens (primary N) is 1. The van der Waals surface area contributed by atoms with E-state index in [1.54, 1.807) is 12.1 Å². The maximum absolute atomic E-state index is 11.9. The van der Waals surface area contributed by atoms with Crippen LogP contribution in [0.15, 0.2) is 24.3 Å². The second kappa shape index (κ2) is 6.76. The molecular formula is C11H14F3NOS. The van der Waals surface area contributed by atoms with Crippen LogP contribution < -0.4 is 10.5 Å². The lowest BCUT2D eigenvalue weighted by molar-refractivity contribution is -0.0329. The molecule has 0 radical (unpaired) electrons. The Balaban J connectivity index is 2.41. The van der Waals surface area contributed by atoms with Crippen molar-refractivity contribution in [2.24, 2.45) is 5.73 Å². The van der Waals surface area contributed by atoms with Gasteiger partial charge < -0.3 is 10.5 Å². The Morgan fingerprint density at radius 1 is 1.24 bits per heavy atom. The molecular weight excluding hydrogens is 251 g/mol. The van der Waals surface area contributed by atoms with Gasteiger partial charge in [-0.2, -0.15) is 13.2 Å². The third kappa shape index (κ3) is 5.83. The molecule has 2 N–H and O–H groups in total. The number of rotatable bonds is 6. The highest BCUT2D eigenvalue weighted by Gasteiger charge is 2.27. The van der Waals surface area contributed by atoms with Crippen molar-refractivity contribution in [2.45, 2.75) is 11.9 Å². The van der Waals surface area contributed by atoms with Gasteiger partial charge in [0.2, 0.25) is 0 Å². The molecule has 0 aliphatic rings. The van der Waals surface area contributed by atoms with Gasteiger partial charge in [-0.05, 0) is 36.4 Å². The molecule has 0 unspecified atom stereocenters. The fraction of sp³-hybridized carbons (Fsp3) is 0.455. The maximum Gasteiger partial charge on any atom is 0.441 e. The fourth-order valence-electron chi connectivity index (χ4n) is 1.32. The van der Waals surface area contributed by atoms with E-state index in [1.807, 2.05) is 12.1 Å². The van der Waals surface area contributed by atoms with Gasteiger partial charge in [-0.3, -0.25) is 0 Å². The van der Waals surface area contributed by atoms with Gasteiger partial charge in [0.1, 0.15) is 5.75 Å². The molecule has 6 heteroatoms. The zero-order valence-corrected chi connectivity index (χ0v) is 9.98. The molecule has 0 spiro atoms. The first-order valence-corrected chi connectivity index (χ1v) is 6.13. The molecule has 0 bridgehead atoms. The number of hydrogen-bond acceptors (Lipinski definition) is 3. The van der Waals surface area contributed by atoms with Crippen LogP contribution in [0.2, 0.25) is 0 Å². The predicted molar refractivity (Wildman–Crippen MR) is 63.2 cm³/mol. The van der Waals surface area contributed by atoms with Crippen LogP contribution in [0.25, 0.3) is 0 Å². The zero-order chi connectivity index (χ0) is 12.7. The van der Waals surface area contributed by atoms with Crippen LogP contribution in [0.1, 0.15) is 5.56 Å². The van der Waals surface area contributed by atoms with E-state index < -0.39 is 5.51 Å². The van der Waals surface area contributed by atoms with Gasteiger partial charge in [-0.15, -0.1) is 0 Å². The van der Waals surface area contributed by atoms with E-state index in [9.17, 15) is 13.2 Å². The number of ether oxygens (including phenoxy) is 1. The maximum atomic E-state index is 11.9. The van der Waals surface area contributed by atoms with E-state index in [-0.39, 0.29) is 24.1 Å². The van der Waals surface area contributed by atoms with Crippen molar-refractivity contribution in [2.75, 3.05) is 18.9 Å². The Morgan fingerprint density at radius 3 is 2.59 bits per heavy atom. The van der Waals surface area contributed by atoms with E-state index in [2.05, 4.69) is 0 Å². The van der Waals surface area contributed by atoms with Crippen LogP contribution in [-0.4, -0.2) is 24.4 Å². The van der Waals surface area contributed by atoms with Crippen LogP contribution in [0, 0.1) is 0 Å². The largest absolute Gasteiger partial charge is 0.492 e. The minimum atomic E-state index is -4.19. The number of para-hydroxylation sites is 1. The van der Waals surface area contributed by atoms with Crippen LogP contribution in [0.3, 0.4) is 0 Å². The quantitative estimate of drug-likeness (QED) is 0.803. The van der Waals surface area contributed by atoms with Gasteiger partial charge in [0.15, 0.2) is 0 Å². The van der Waals surface area contributed by atoms with Crippen molar-refractivity contribution in [1.82, 2.24) is 0 Å². The molecule has 0 aliphatic heterocycles. The minimum absolute atomic E-state index is 0.0335. The molecule has 1 aromatic carbocycles. The van der Waals surface area contributed by atoms with Gasteiger partial charge in [-0.1, -0.05) is 18.2 Å². The third-order valence-electron chi connectivity index (χ3n) is 1.99. The lowest BCUT2D eigenvalue weighted by atomic mass is 10.1. The molecule has 17 heavy (non-hydrogen) atoms. The molecule has 96 valence electrons. The van der Waals surface area contributed by atoms with E-state index in [1.165, 1.54) is 0 Å². The highest BCUT2D eigenvalue weighted by molar-refractivity contribution is 8.00. The smallest absolute Gasteiger partial charge is 0.441 e. The topological polar surface area (TPSA) is 35.2 Å². The van der Waals surface area contributed by atoms with E-state index in [0.717, 1.165) is 5.56 Å². The lowest BCUT2D eigenvalue weighted by Crippen LogP contribution is -2.09. The summed E-state index contributed by atoms with van der Waals surface area (Å²) in [5, 5.41) is 0. The van der Waals surface area contributed by atoms with Gasteiger partial charge in [0, 0.05) is 5.75 Å². The number of thioether (sulfide) groups is 1. The second-order valence-electron chi connectivity index (χ2n) is 3.29. The van der Waals surface area contributed by atoms with Crippen molar-refractivity contribution < 1.29 is 17.9 Å². The average Bonchev–Trinajstić information content (AvgIpc) is 2.25. The molecule has 0 aliphatic carbocycles. The van der Waals surface area contributed by atoms with E-state index in [4.69, 9.17) is 10.5 Å². The highest BCUT2D eigenvalue weighted by atomic mass is 32.2. The third-order valence-corrected chi connectivity index (χ3v) is 2.69. The summed E-state index contributed by atoms with van der Waals surface area (Å²) in [7, 11) is 0. The van der Waals surface area contributed by atoms with Crippen LogP contribution in [0.5, 0.6) is 5.75 Å². The molecule has 0 atom stereocenters. The molecule has 0 fully saturated rings. The minimum Gasteiger partial charge on any atom is -0.492 e. The summed E-state index contributed by atoms with van der Waals surface area (Å²) in [6.45, 7) is 0.517. The normalized spacial score (nSPS) is 11.5. The lowest BCUT2D eigenvalue weighted by Gasteiger charge is -2.11. The number of benzene rings is 1. The number of alkyl halides is 3. The second-order valence-corrected chi connectivity index (χ2v) is 4.45. The van der Waals surface area contributed by atoms with Crippen LogP contribution >= 0.6 is 11.8 Å². The first-order chi connectivity index (χ1) is 8.03. The zero-order valence-electron chi connectivity index (χ0n) is 9.17. The first kappa shape index (κ1) is 14.2. The number of halogens is 3. The van der Waals surface area contributed by atoms with E-state index in [0.29, 0.717) is 18.7 Å². The summed E-state index contributed by atoms with van der Waals surface area (Å²) < 4.78 is 40.9. The standard InChI is InChI=1S/C11H14F3NOS/c12-11(13,14)17-8-7-16-10-4-2-1-3-9(10)5-6-15/h1-4H,5-8,15H2. The van der Waals surface area contributed by atoms with Crippen molar-refractivity contribution in [1.29, 1.82) is 0 Å². The van der Waals surface area contributed by atoms with Crippen molar-refractivity contribution >= 4 is 11.8 Å². The molecule has 1 aromatic rings. The Morgan fingerprint density at radius 2 is 1.94 bits per heavy atom. The fourth-order valence-corrected chi connectivity index (χ4v) is 1.71. The summed E-state index contributed by atoms with van der Waals surface area (Å²) >= 11 is -0.0777. The van der Waals surface area contributed by atoms with Crippen LogP contribution in [0.4, 0.5) is 13.2 Å². The van der Waals surface area contributed by atoms with Gasteiger partial charge >= 0.3 is 5.51 Å². The Hall–Kier alpha value is -0.880. The molecule has 0 saturated carbocycles. The van der Waals surface area contributed by atoms with Crippen molar-refractivity contribution in [3.63, 3.8) is 0 Å². The number of hydrogen-bond donors (Lipinski definition) is 1. The Kier molecular flexibility index (Phi) is 5.64. The molecule has 0 amide bonds. The first-order valence-electron chi connectivity index (χ1n) is 5.14. The summed E-state index contributed by atoms with van der Waals surface area (Å²) in [6.07, 6.45) is 0.655. The summed E-state index contributed by atoms with van der Waals surface area (Å²) in [5.41, 5.74) is 2.16. The van der Waals surface area contributed by atoms with Gasteiger partial charge in [0.05, 0.1) is 6.61 Å². The van der Waals surface area contributed by atoms with Gasteiger partial charge in [0.25, 0.3) is 0 Å².